The fraction of sp³-hybridized carbons (Fsp3) is 0.600. The molecule has 52 valence electrons. The summed E-state index contributed by atoms with van der Waals surface area (Å²) in [7, 11) is 1.42. The summed E-state index contributed by atoms with van der Waals surface area (Å²) in [4.78, 5) is 20.1. The van der Waals surface area contributed by atoms with Gasteiger partial charge in [0.15, 0.2) is 0 Å². The van der Waals surface area contributed by atoms with Crippen LogP contribution in [0.3, 0.4) is 0 Å². The number of carbonyl (C=O) groups is 2. The predicted octanol–water partition coefficient (Wildman–Crippen LogP) is -1.05. The second-order valence-electron chi connectivity index (χ2n) is 1.40. The van der Waals surface area contributed by atoms with Crippen molar-refractivity contribution in [1.82, 2.24) is 5.32 Å². The lowest BCUT2D eigenvalue weighted by atomic mass is 10.6. The third-order valence-corrected chi connectivity index (χ3v) is 0.658. The van der Waals surface area contributed by atoms with E-state index in [0.29, 0.717) is 6.29 Å². The summed E-state index contributed by atoms with van der Waals surface area (Å²) in [6.45, 7) is 0.0655. The van der Waals surface area contributed by atoms with Crippen LogP contribution in [0.5, 0.6) is 0 Å². The Balaban J connectivity index is 3.16. The lowest BCUT2D eigenvalue weighted by Gasteiger charge is -1.96. The molecule has 0 aromatic carbocycles. The Bertz CT molecular complexity index is 102. The van der Waals surface area contributed by atoms with Gasteiger partial charge in [-0.2, -0.15) is 0 Å². The first-order valence-corrected chi connectivity index (χ1v) is 2.50. The molecule has 9 heavy (non-hydrogen) atoms. The molecule has 0 aromatic heterocycles. The summed E-state index contributed by atoms with van der Waals surface area (Å²) in [6, 6.07) is 0. The number of amides is 1. The van der Waals surface area contributed by atoms with E-state index in [2.05, 4.69) is 10.1 Å². The van der Waals surface area contributed by atoms with E-state index in [1.165, 1.54) is 7.11 Å². The molecule has 0 fully saturated rings. The first-order valence-electron chi connectivity index (χ1n) is 2.50. The van der Waals surface area contributed by atoms with E-state index in [4.69, 9.17) is 0 Å². The summed E-state index contributed by atoms with van der Waals surface area (Å²) >= 11 is 0. The topological polar surface area (TPSA) is 55.4 Å². The zero-order chi connectivity index (χ0) is 7.11. The second-order valence-corrected chi connectivity index (χ2v) is 1.40. The normalized spacial score (nSPS) is 8.56. The van der Waals surface area contributed by atoms with Gasteiger partial charge in [0.2, 0.25) is 5.91 Å². The third-order valence-electron chi connectivity index (χ3n) is 0.658. The maximum Gasteiger partial charge on any atom is 0.246 e. The molecule has 0 heterocycles. The summed E-state index contributed by atoms with van der Waals surface area (Å²) in [6.07, 6.45) is 0.619. The third kappa shape index (κ3) is 4.96. The average molecular weight is 131 g/mol. The summed E-state index contributed by atoms with van der Waals surface area (Å²) in [5, 5.41) is 2.30. The lowest BCUT2D eigenvalue weighted by molar-refractivity contribution is -0.125. The molecule has 1 N–H and O–H groups in total. The maximum atomic E-state index is 10.4. The minimum Gasteiger partial charge on any atom is -0.375 e. The van der Waals surface area contributed by atoms with Crippen molar-refractivity contribution in [3.05, 3.63) is 0 Å². The number of nitrogens with one attached hydrogen (secondary N) is 1. The van der Waals surface area contributed by atoms with E-state index >= 15 is 0 Å². The fourth-order valence-electron chi connectivity index (χ4n) is 0.338. The molecule has 4 nitrogen and oxygen atoms in total. The zero-order valence-electron chi connectivity index (χ0n) is 5.22. The zero-order valence-corrected chi connectivity index (χ0v) is 5.22. The van der Waals surface area contributed by atoms with Crippen molar-refractivity contribution < 1.29 is 14.3 Å². The standard InChI is InChI=1S/C5H9NO3/c1-9-4-5(8)6-2-3-7/h3H,2,4H2,1H3,(H,6,8). The van der Waals surface area contributed by atoms with E-state index in [0.717, 1.165) is 0 Å². The van der Waals surface area contributed by atoms with Crippen LogP contribution in [-0.2, 0) is 14.3 Å². The van der Waals surface area contributed by atoms with Gasteiger partial charge in [0, 0.05) is 7.11 Å². The molecule has 1 amide bonds. The van der Waals surface area contributed by atoms with E-state index in [1.54, 1.807) is 0 Å². The molecule has 0 unspecified atom stereocenters. The number of ether oxygens (including phenoxy) is 1. The predicted molar refractivity (Wildman–Crippen MR) is 30.9 cm³/mol. The van der Waals surface area contributed by atoms with Gasteiger partial charge in [-0.3, -0.25) is 4.79 Å². The molecule has 0 aliphatic rings. The van der Waals surface area contributed by atoms with Crippen LogP contribution in [0.25, 0.3) is 0 Å². The van der Waals surface area contributed by atoms with Gasteiger partial charge in [0.05, 0.1) is 6.54 Å². The Morgan fingerprint density at radius 3 is 2.89 bits per heavy atom. The smallest absolute Gasteiger partial charge is 0.246 e. The van der Waals surface area contributed by atoms with Crippen LogP contribution in [0.1, 0.15) is 0 Å². The van der Waals surface area contributed by atoms with E-state index in [9.17, 15) is 9.59 Å². The van der Waals surface area contributed by atoms with E-state index < -0.39 is 0 Å². The van der Waals surface area contributed by atoms with Crippen molar-refractivity contribution in [2.24, 2.45) is 0 Å². The lowest BCUT2D eigenvalue weighted by Crippen LogP contribution is -2.28. The number of aldehydes is 1. The van der Waals surface area contributed by atoms with Crippen molar-refractivity contribution in [3.8, 4) is 0 Å². The van der Waals surface area contributed by atoms with Gasteiger partial charge >= 0.3 is 0 Å². The first-order chi connectivity index (χ1) is 4.31. The molecule has 0 bridgehead atoms. The summed E-state index contributed by atoms with van der Waals surface area (Å²) in [5.41, 5.74) is 0. The van der Waals surface area contributed by atoms with Gasteiger partial charge in [-0.25, -0.2) is 0 Å². The highest BCUT2D eigenvalue weighted by Gasteiger charge is 1.95. The molecule has 0 rings (SSSR count). The first kappa shape index (κ1) is 8.10. The van der Waals surface area contributed by atoms with Crippen LogP contribution >= 0.6 is 0 Å². The van der Waals surface area contributed by atoms with Crippen molar-refractivity contribution in [1.29, 1.82) is 0 Å². The van der Waals surface area contributed by atoms with Crippen molar-refractivity contribution in [2.45, 2.75) is 0 Å². The highest BCUT2D eigenvalue weighted by molar-refractivity contribution is 5.79. The van der Waals surface area contributed by atoms with Crippen molar-refractivity contribution >= 4 is 12.2 Å². The largest absolute Gasteiger partial charge is 0.375 e. The summed E-state index contributed by atoms with van der Waals surface area (Å²) in [5.74, 6) is -0.274. The van der Waals surface area contributed by atoms with Gasteiger partial charge in [0.1, 0.15) is 12.9 Å². The van der Waals surface area contributed by atoms with Crippen molar-refractivity contribution in [2.75, 3.05) is 20.3 Å². The minimum atomic E-state index is -0.274. The molecule has 0 spiro atoms. The SMILES string of the molecule is COCC(=O)NCC=O. The number of hydrogen-bond acceptors (Lipinski definition) is 3. The molecule has 0 aliphatic carbocycles. The molecule has 0 aromatic rings. The molecule has 0 saturated heterocycles. The van der Waals surface area contributed by atoms with Crippen LogP contribution in [0.4, 0.5) is 0 Å². The number of carbonyl (C=O) groups excluding carboxylic acids is 2. The average Bonchev–Trinajstić information content (AvgIpc) is 1.85. The minimum absolute atomic E-state index is 0.00778. The number of rotatable bonds is 4. The molecular formula is C5H9NO3. The van der Waals surface area contributed by atoms with Gasteiger partial charge in [-0.15, -0.1) is 0 Å². The molecule has 0 atom stereocenters. The van der Waals surface area contributed by atoms with Crippen LogP contribution < -0.4 is 5.32 Å². The van der Waals surface area contributed by atoms with Crippen molar-refractivity contribution in [3.63, 3.8) is 0 Å². The van der Waals surface area contributed by atoms with Crippen LogP contribution in [0.2, 0.25) is 0 Å². The van der Waals surface area contributed by atoms with Gasteiger partial charge < -0.3 is 14.8 Å². The molecule has 4 heteroatoms. The quantitative estimate of drug-likeness (QED) is 0.495. The summed E-state index contributed by atoms with van der Waals surface area (Å²) < 4.78 is 4.47. The Morgan fingerprint density at radius 1 is 1.78 bits per heavy atom. The monoisotopic (exact) mass is 131 g/mol. The van der Waals surface area contributed by atoms with Gasteiger partial charge in [0.25, 0.3) is 0 Å². The Kier molecular flexibility index (Phi) is 4.72. The number of hydrogen-bond donors (Lipinski definition) is 1. The van der Waals surface area contributed by atoms with Crippen LogP contribution in [0.15, 0.2) is 0 Å². The molecular weight excluding hydrogens is 122 g/mol. The molecule has 0 radical (unpaired) electrons. The second kappa shape index (κ2) is 5.24. The Hall–Kier alpha value is -0.900. The van der Waals surface area contributed by atoms with Crippen LogP contribution in [-0.4, -0.2) is 32.5 Å². The van der Waals surface area contributed by atoms with Crippen LogP contribution in [0, 0.1) is 0 Å². The highest BCUT2D eigenvalue weighted by atomic mass is 16.5. The highest BCUT2D eigenvalue weighted by Crippen LogP contribution is 1.65. The maximum absolute atomic E-state index is 10.4. The van der Waals surface area contributed by atoms with E-state index in [1.807, 2.05) is 0 Å². The number of methoxy groups -OCH3 is 1. The fourth-order valence-corrected chi connectivity index (χ4v) is 0.338. The van der Waals surface area contributed by atoms with E-state index in [-0.39, 0.29) is 19.1 Å². The van der Waals surface area contributed by atoms with Gasteiger partial charge in [-0.05, 0) is 0 Å². The van der Waals surface area contributed by atoms with Gasteiger partial charge in [-0.1, -0.05) is 0 Å². The molecule has 0 aliphatic heterocycles. The molecule has 0 saturated carbocycles. The Labute approximate surface area is 53.2 Å². The Morgan fingerprint density at radius 2 is 2.44 bits per heavy atom.